The Hall–Kier alpha value is -17.2. The largest absolute Gasteiger partial charge is 0.493 e. The van der Waals surface area contributed by atoms with E-state index in [1.165, 1.54) is 112 Å². The van der Waals surface area contributed by atoms with Gasteiger partial charge in [-0.3, -0.25) is 9.97 Å². The first kappa shape index (κ1) is 105. The van der Waals surface area contributed by atoms with Crippen molar-refractivity contribution >= 4 is 124 Å². The van der Waals surface area contributed by atoms with Crippen molar-refractivity contribution in [2.45, 2.75) is 135 Å². The first-order valence-electron chi connectivity index (χ1n) is 47.6. The zero-order chi connectivity index (χ0) is 105. The molecule has 27 heteroatoms. The molecule has 0 bridgehead atoms. The molecule has 0 saturated heterocycles. The number of halogens is 4. The van der Waals surface area contributed by atoms with Crippen molar-refractivity contribution in [3.8, 4) is 5.75 Å². The summed E-state index contributed by atoms with van der Waals surface area (Å²) in [6.45, 7) is 26.0. The second-order valence-corrected chi connectivity index (χ2v) is 36.4. The Labute approximate surface area is 851 Å². The van der Waals surface area contributed by atoms with Crippen LogP contribution in [-0.4, -0.2) is 38.1 Å². The predicted octanol–water partition coefficient (Wildman–Crippen LogP) is 25.8. The average molecular weight is 2010 g/mol. The fourth-order valence-electron chi connectivity index (χ4n) is 17.2. The lowest BCUT2D eigenvalue weighted by atomic mass is 10.0. The van der Waals surface area contributed by atoms with Crippen molar-refractivity contribution in [1.29, 1.82) is 0 Å². The molecule has 23 nitrogen and oxygen atoms in total. The lowest BCUT2D eigenvalue weighted by Gasteiger charge is -2.16. The maximum atomic E-state index is 13.2. The smallest absolute Gasteiger partial charge is 0.439 e. The molecule has 0 atom stereocenters. The van der Waals surface area contributed by atoms with Gasteiger partial charge in [-0.2, -0.15) is 14.4 Å². The number of nitrogens with zero attached hydrogens (tertiary/aromatic N) is 5. The quantitative estimate of drug-likeness (QED) is 0.101. The molecule has 0 N–H and O–H groups in total. The van der Waals surface area contributed by atoms with Gasteiger partial charge in [-0.15, -0.1) is 0 Å². The van der Waals surface area contributed by atoms with Crippen LogP contribution in [0, 0.1) is 73.0 Å². The van der Waals surface area contributed by atoms with Gasteiger partial charge in [0.25, 0.3) is 0 Å². The van der Waals surface area contributed by atoms with Gasteiger partial charge in [-0.1, -0.05) is 160 Å². The first-order chi connectivity index (χ1) is 71.2. The van der Waals surface area contributed by atoms with Gasteiger partial charge in [0.2, 0.25) is 5.95 Å². The van der Waals surface area contributed by atoms with Crippen molar-refractivity contribution in [2.75, 3.05) is 13.2 Å². The molecule has 0 unspecified atom stereocenters. The summed E-state index contributed by atoms with van der Waals surface area (Å²) < 4.78 is 90.1. The minimum Gasteiger partial charge on any atom is -0.493 e. The van der Waals surface area contributed by atoms with E-state index in [9.17, 15) is 51.5 Å². The first-order valence-corrected chi connectivity index (χ1v) is 48.0. The van der Waals surface area contributed by atoms with Crippen molar-refractivity contribution in [1.82, 2.24) is 24.9 Å². The van der Waals surface area contributed by atoms with Crippen LogP contribution >= 0.6 is 11.6 Å². The molecule has 26 rings (SSSR count). The Morgan fingerprint density at radius 3 is 1.34 bits per heavy atom. The van der Waals surface area contributed by atoms with E-state index in [0.717, 1.165) is 134 Å². The van der Waals surface area contributed by atoms with Crippen LogP contribution in [0.3, 0.4) is 0 Å². The maximum Gasteiger partial charge on any atom is 0.439 e. The molecule has 11 aromatic heterocycles. The summed E-state index contributed by atoms with van der Waals surface area (Å²) in [6.07, 6.45) is 17.3. The van der Waals surface area contributed by atoms with Gasteiger partial charge in [0.15, 0.2) is 11.2 Å². The lowest BCUT2D eigenvalue weighted by Crippen LogP contribution is -2.09. The molecule has 2 aliphatic heterocycles. The highest BCUT2D eigenvalue weighted by Crippen LogP contribution is 2.35. The molecule has 0 saturated carbocycles. The van der Waals surface area contributed by atoms with Crippen molar-refractivity contribution in [3.63, 3.8) is 0 Å². The van der Waals surface area contributed by atoms with Crippen molar-refractivity contribution in [2.24, 2.45) is 0 Å². The van der Waals surface area contributed by atoms with E-state index in [0.29, 0.717) is 107 Å². The molecular formula is C121H103ClF3N5O18. The number of rotatable bonds is 0. The van der Waals surface area contributed by atoms with Gasteiger partial charge in [-0.25, -0.2) is 52.1 Å². The van der Waals surface area contributed by atoms with E-state index in [1.54, 1.807) is 68.7 Å². The number of benzene rings is 9. The average Bonchev–Trinajstić information content (AvgIpc) is 1.61. The molecule has 148 heavy (non-hydrogen) atoms. The fraction of sp³-hybridized carbons (Fsp3) is 0.182. The van der Waals surface area contributed by atoms with E-state index >= 15 is 0 Å². The second-order valence-electron chi connectivity index (χ2n) is 35.9. The van der Waals surface area contributed by atoms with E-state index in [1.807, 2.05) is 170 Å². The highest BCUT2D eigenvalue weighted by atomic mass is 35.5. The van der Waals surface area contributed by atoms with Crippen LogP contribution in [0.1, 0.15) is 140 Å². The molecule has 9 aromatic carbocycles. The minimum atomic E-state index is -0.656. The summed E-state index contributed by atoms with van der Waals surface area (Å²) in [4.78, 5) is 109. The fourth-order valence-corrected chi connectivity index (χ4v) is 17.4. The van der Waals surface area contributed by atoms with Crippen LogP contribution in [0.15, 0.2) is 357 Å². The van der Waals surface area contributed by atoms with Gasteiger partial charge >= 0.3 is 45.3 Å². The molecule has 0 fully saturated rings. The van der Waals surface area contributed by atoms with Gasteiger partial charge in [-0.05, 0) is 312 Å². The molecular weight excluding hydrogens is 1900 g/mol. The highest BCUT2D eigenvalue weighted by molar-refractivity contribution is 6.31. The zero-order valence-corrected chi connectivity index (χ0v) is 84.1. The Morgan fingerprint density at radius 2 is 0.764 bits per heavy atom. The van der Waals surface area contributed by atoms with Crippen molar-refractivity contribution in [3.05, 3.63) is 496 Å². The molecule has 20 aromatic rings. The summed E-state index contributed by atoms with van der Waals surface area (Å²) in [5.74, 6) is -1.34. The predicted molar refractivity (Wildman–Crippen MR) is 574 cm³/mol. The van der Waals surface area contributed by atoms with Crippen LogP contribution in [0.4, 0.5) is 13.2 Å². The number of fused-ring (bicyclic) bond motifs is 18. The maximum absolute atomic E-state index is 13.2. The number of pyridine rings is 3. The number of para-hydroxylation sites is 3. The van der Waals surface area contributed by atoms with Gasteiger partial charge in [0, 0.05) is 84.8 Å². The van der Waals surface area contributed by atoms with E-state index in [-0.39, 0.29) is 45.4 Å². The van der Waals surface area contributed by atoms with Gasteiger partial charge in [0.1, 0.15) is 61.9 Å². The Morgan fingerprint density at radius 1 is 0.311 bits per heavy atom. The lowest BCUT2D eigenvalue weighted by molar-refractivity contribution is 0.110. The summed E-state index contributed by atoms with van der Waals surface area (Å²) in [5, 5.41) is 5.65. The number of ether oxygens (including phenoxy) is 2. The third-order valence-corrected chi connectivity index (χ3v) is 24.5. The van der Waals surface area contributed by atoms with Crippen LogP contribution in [0.5, 0.6) is 5.75 Å². The number of hydrogen-bond donors (Lipinski definition) is 0. The van der Waals surface area contributed by atoms with Crippen molar-refractivity contribution < 1.29 is 58.0 Å². The highest BCUT2D eigenvalue weighted by Gasteiger charge is 2.24. The number of aromatic nitrogens is 5. The normalized spacial score (nSPS) is 12.6. The molecule has 748 valence electrons. The van der Waals surface area contributed by atoms with Gasteiger partial charge in [0.05, 0.1) is 53.5 Å². The molecule has 0 radical (unpaired) electrons. The number of hydrogen-bond acceptors (Lipinski definition) is 23. The zero-order valence-electron chi connectivity index (χ0n) is 83.3. The topological polar surface area (TPSA) is 325 Å². The second kappa shape index (κ2) is 48.4. The molecule has 0 amide bonds. The molecule has 6 aliphatic rings. The monoisotopic (exact) mass is 2010 g/mol. The summed E-state index contributed by atoms with van der Waals surface area (Å²) in [6, 6.07) is 74.3. The van der Waals surface area contributed by atoms with Crippen LogP contribution in [0.25, 0.3) is 112 Å². The third kappa shape index (κ3) is 27.1. The number of aryl methyl sites for hydroxylation is 9. The van der Waals surface area contributed by atoms with E-state index in [4.69, 9.17) is 56.4 Å². The van der Waals surface area contributed by atoms with Crippen LogP contribution in [0.2, 0.25) is 5.02 Å². The third-order valence-electron chi connectivity index (χ3n) is 24.3. The Bertz CT molecular complexity index is 8630. The van der Waals surface area contributed by atoms with E-state index in [2.05, 4.69) is 94.2 Å². The molecule has 0 spiro atoms. The van der Waals surface area contributed by atoms with E-state index < -0.39 is 17.5 Å². The summed E-state index contributed by atoms with van der Waals surface area (Å²) in [5.41, 5.74) is 26.6. The van der Waals surface area contributed by atoms with Crippen LogP contribution < -0.4 is 50.0 Å². The Balaban J connectivity index is 0.000000122. The van der Waals surface area contributed by atoms with Gasteiger partial charge < -0.3 is 44.8 Å². The SMILES string of the molecule is CC1=Cc2c(c3cc(F)ccc3oc2=O)C1.CC1=Cc2c(c3ccccc3oc2=O)C1.CC1=Cc2c(c3nc(F)ccc3oc2=O)C1.CC1=Cc2c(c3ncccc3oc2=O)C1.Cc1cc(=O)oc2cc(Cl)ccc12.Cc1cc(=O)oc2ccccc12.Cc1ccc2c(c1)COCC2.Cc1ccc2c(c1)OCCC2.Cc1ccccc1.Cc1ccccn1.Cc1nc(=O)oc2ccc(F)cc12.Cc1nc(=O)oc2ccccc12. The minimum absolute atomic E-state index is 0.222. The van der Waals surface area contributed by atoms with Crippen LogP contribution in [-0.2, 0) is 49.9 Å². The summed E-state index contributed by atoms with van der Waals surface area (Å²) >= 11 is 5.76. The number of allylic oxidation sites excluding steroid dienone is 4. The summed E-state index contributed by atoms with van der Waals surface area (Å²) in [7, 11) is 0. The molecule has 4 aliphatic carbocycles. The Kier molecular flexibility index (Phi) is 34.4. The molecule has 13 heterocycles. The standard InChI is InChI=1S/C13H9FO2.C13H10O2.C12H8FNO2.C12H9NO2.C10H7ClO2.C10H8O2.2C10H12O.C9H6FNO2.C9H7NO2.C7H8.C6H7N/c1-7-4-9-10-6-8(14)2-3-12(10)16-13(15)11(9)5-7;1-8-6-10-9-4-2-3-5-12(9)15-13(14)11(10)7-8;1-6-4-7-8(5-6)12(15)16-9-2-3-10(13)14-11(7)9;1-7-5-8-9(6-7)12(14)15-10-3-2-4-13-11(8)10;1-6-4-10(12)13-9-5-7(11)2-3-8(6)9;1-7-6-10(11)12-9-5-3-2-4-8(7)9;1-8-2-3-9-4-5-11-7-10(9)6-8;1-8-4-5-9-3-2-6-11-10(9)7-8;1-5-7-4-6(10)2-3-8(7)13-9(12)11-5;1-6-7-4-2-3-5-8(7)12-9(11)10-6;1-7-5-3-2-4-6-7;1-6-4-2-3-5-7-6/h2-3,5-6H,4H2,1H3;2-5,7H,6H2,1H3;2-3,5H,4H2,1H3;2-4,6H,5H2,1H3;2-5H,1H3;2-6H,1H3;2-3,6H,4-5,7H2,1H3;4-5,7H,2-3,6H2,1H3;2-4H,1H3;2-5H,1H3;2-6H,1H3;2-5H,1H3.